The number of nitrogens with zero attached hydrogens (tertiary/aromatic N) is 1. The molecule has 1 unspecified atom stereocenters. The monoisotopic (exact) mass is 238 g/mol. The summed E-state index contributed by atoms with van der Waals surface area (Å²) in [7, 11) is 0. The van der Waals surface area contributed by atoms with E-state index in [-0.39, 0.29) is 18.2 Å². The maximum Gasteiger partial charge on any atom is 0.356 e. The van der Waals surface area contributed by atoms with Gasteiger partial charge in [0, 0.05) is 19.3 Å². The molecule has 0 saturated heterocycles. The summed E-state index contributed by atoms with van der Waals surface area (Å²) in [6.07, 6.45) is 3.25. The second kappa shape index (κ2) is 6.85. The van der Waals surface area contributed by atoms with Crippen molar-refractivity contribution in [2.45, 2.75) is 19.8 Å². The molecule has 5 nitrogen and oxygen atoms in total. The molecule has 5 heteroatoms. The Labute approximate surface area is 101 Å². The zero-order valence-electron chi connectivity index (χ0n) is 9.89. The van der Waals surface area contributed by atoms with Gasteiger partial charge in [0.2, 0.25) is 0 Å². The van der Waals surface area contributed by atoms with Crippen LogP contribution in [-0.2, 0) is 0 Å². The summed E-state index contributed by atoms with van der Waals surface area (Å²) in [4.78, 5) is 14.7. The maximum atomic E-state index is 10.9. The first-order valence-electron chi connectivity index (χ1n) is 5.68. The molecule has 0 aliphatic rings. The minimum absolute atomic E-state index is 0.0442. The molecule has 1 aromatic rings. The molecule has 1 aromatic heterocycles. The lowest BCUT2D eigenvalue weighted by Gasteiger charge is -2.10. The Morgan fingerprint density at radius 3 is 3.00 bits per heavy atom. The fraction of sp³-hybridized carbons (Fsp3) is 0.500. The smallest absolute Gasteiger partial charge is 0.356 e. The van der Waals surface area contributed by atoms with Crippen LogP contribution in [-0.4, -0.2) is 34.3 Å². The number of aromatic nitrogens is 1. The van der Waals surface area contributed by atoms with E-state index in [2.05, 4.69) is 10.3 Å². The predicted octanol–water partition coefficient (Wildman–Crippen LogP) is 1.60. The largest absolute Gasteiger partial charge is 0.476 e. The second-order valence-corrected chi connectivity index (χ2v) is 4.06. The van der Waals surface area contributed by atoms with Crippen LogP contribution >= 0.6 is 0 Å². The Kier molecular flexibility index (Phi) is 5.42. The van der Waals surface area contributed by atoms with Crippen molar-refractivity contribution in [1.82, 2.24) is 4.98 Å². The Morgan fingerprint density at radius 1 is 1.59 bits per heavy atom. The van der Waals surface area contributed by atoms with Crippen molar-refractivity contribution in [3.05, 3.63) is 24.0 Å². The number of carbonyl (C=O) groups is 1. The number of hydrogen-bond acceptors (Lipinski definition) is 4. The van der Waals surface area contributed by atoms with E-state index in [1.807, 2.05) is 6.92 Å². The van der Waals surface area contributed by atoms with E-state index in [0.717, 1.165) is 12.8 Å². The lowest BCUT2D eigenvalue weighted by Crippen LogP contribution is -2.10. The molecular formula is C12H18N2O3. The molecule has 0 aliphatic carbocycles. The Morgan fingerprint density at radius 2 is 2.35 bits per heavy atom. The van der Waals surface area contributed by atoms with Crippen molar-refractivity contribution >= 4 is 11.7 Å². The Bertz CT molecular complexity index is 369. The first-order valence-corrected chi connectivity index (χ1v) is 5.68. The molecule has 17 heavy (non-hydrogen) atoms. The molecule has 0 aliphatic heterocycles. The highest BCUT2D eigenvalue weighted by molar-refractivity contribution is 5.91. The standard InChI is InChI=1S/C12H18N2O3/c1-9(8-15)4-2-6-13-10-5-3-7-14-11(10)12(16)17/h3,5,7,9,13,15H,2,4,6,8H2,1H3,(H,16,17). The molecule has 0 radical (unpaired) electrons. The number of rotatable bonds is 7. The van der Waals surface area contributed by atoms with Crippen LogP contribution in [0.1, 0.15) is 30.3 Å². The third-order valence-corrected chi connectivity index (χ3v) is 2.51. The van der Waals surface area contributed by atoms with Crippen LogP contribution < -0.4 is 5.32 Å². The van der Waals surface area contributed by atoms with Gasteiger partial charge >= 0.3 is 5.97 Å². The van der Waals surface area contributed by atoms with Gasteiger partial charge in [0.25, 0.3) is 0 Å². The highest BCUT2D eigenvalue weighted by Crippen LogP contribution is 2.12. The predicted molar refractivity (Wildman–Crippen MR) is 65.2 cm³/mol. The summed E-state index contributed by atoms with van der Waals surface area (Å²) in [6.45, 7) is 2.84. The second-order valence-electron chi connectivity index (χ2n) is 4.06. The van der Waals surface area contributed by atoms with Crippen molar-refractivity contribution in [2.75, 3.05) is 18.5 Å². The van der Waals surface area contributed by atoms with Crippen LogP contribution in [0.5, 0.6) is 0 Å². The van der Waals surface area contributed by atoms with Crippen molar-refractivity contribution in [3.63, 3.8) is 0 Å². The molecule has 0 amide bonds. The number of hydrogen-bond donors (Lipinski definition) is 3. The van der Waals surface area contributed by atoms with Crippen molar-refractivity contribution in [2.24, 2.45) is 5.92 Å². The summed E-state index contributed by atoms with van der Waals surface area (Å²) in [6, 6.07) is 3.40. The Balaban J connectivity index is 2.44. The van der Waals surface area contributed by atoms with Gasteiger partial charge in [-0.05, 0) is 30.9 Å². The summed E-state index contributed by atoms with van der Waals surface area (Å²) in [5.41, 5.74) is 0.583. The van der Waals surface area contributed by atoms with E-state index in [9.17, 15) is 4.79 Å². The minimum Gasteiger partial charge on any atom is -0.476 e. The highest BCUT2D eigenvalue weighted by Gasteiger charge is 2.10. The topological polar surface area (TPSA) is 82.5 Å². The third kappa shape index (κ3) is 4.40. The summed E-state index contributed by atoms with van der Waals surface area (Å²) in [5.74, 6) is -0.749. The Hall–Kier alpha value is -1.62. The maximum absolute atomic E-state index is 10.9. The van der Waals surface area contributed by atoms with Gasteiger partial charge in [0.05, 0.1) is 5.69 Å². The van der Waals surface area contributed by atoms with Gasteiger partial charge in [-0.3, -0.25) is 0 Å². The minimum atomic E-state index is -1.03. The molecule has 0 aromatic carbocycles. The number of aromatic carboxylic acids is 1. The zero-order valence-corrected chi connectivity index (χ0v) is 9.89. The number of pyridine rings is 1. The zero-order chi connectivity index (χ0) is 12.7. The van der Waals surface area contributed by atoms with Crippen LogP contribution in [0.15, 0.2) is 18.3 Å². The molecule has 3 N–H and O–H groups in total. The summed E-state index contributed by atoms with van der Waals surface area (Å²) >= 11 is 0. The number of carboxylic acid groups (broad SMARTS) is 1. The number of carboxylic acids is 1. The van der Waals surface area contributed by atoms with Crippen molar-refractivity contribution < 1.29 is 15.0 Å². The SMILES string of the molecule is CC(CO)CCCNc1cccnc1C(=O)O. The quantitative estimate of drug-likeness (QED) is 0.628. The molecule has 94 valence electrons. The van der Waals surface area contributed by atoms with Gasteiger partial charge in [0.15, 0.2) is 5.69 Å². The van der Waals surface area contributed by atoms with Crippen LogP contribution in [0, 0.1) is 5.92 Å². The van der Waals surface area contributed by atoms with Crippen LogP contribution in [0.25, 0.3) is 0 Å². The van der Waals surface area contributed by atoms with E-state index in [1.54, 1.807) is 12.1 Å². The van der Waals surface area contributed by atoms with Crippen LogP contribution in [0.4, 0.5) is 5.69 Å². The highest BCUT2D eigenvalue weighted by atomic mass is 16.4. The fourth-order valence-electron chi connectivity index (χ4n) is 1.48. The van der Waals surface area contributed by atoms with Gasteiger partial charge in [-0.15, -0.1) is 0 Å². The first kappa shape index (κ1) is 13.4. The van der Waals surface area contributed by atoms with Crippen molar-refractivity contribution in [3.8, 4) is 0 Å². The lowest BCUT2D eigenvalue weighted by molar-refractivity contribution is 0.0691. The normalized spacial score (nSPS) is 12.1. The van der Waals surface area contributed by atoms with Crippen molar-refractivity contribution in [1.29, 1.82) is 0 Å². The molecule has 0 fully saturated rings. The van der Waals surface area contributed by atoms with Crippen LogP contribution in [0.3, 0.4) is 0 Å². The summed E-state index contributed by atoms with van der Waals surface area (Å²) in [5, 5.41) is 20.8. The number of aliphatic hydroxyl groups excluding tert-OH is 1. The lowest BCUT2D eigenvalue weighted by atomic mass is 10.1. The average Bonchev–Trinajstić information content (AvgIpc) is 2.34. The van der Waals surface area contributed by atoms with Crippen LogP contribution in [0.2, 0.25) is 0 Å². The molecule has 1 rings (SSSR count). The molecule has 0 spiro atoms. The molecule has 0 saturated carbocycles. The summed E-state index contributed by atoms with van der Waals surface area (Å²) < 4.78 is 0. The van der Waals surface area contributed by atoms with Gasteiger partial charge in [-0.25, -0.2) is 9.78 Å². The first-order chi connectivity index (χ1) is 8.15. The number of nitrogens with one attached hydrogen (secondary N) is 1. The van der Waals surface area contributed by atoms with Gasteiger partial charge in [0.1, 0.15) is 0 Å². The molecular weight excluding hydrogens is 220 g/mol. The molecule has 1 heterocycles. The van der Waals surface area contributed by atoms with Gasteiger partial charge in [-0.2, -0.15) is 0 Å². The van der Waals surface area contributed by atoms with Gasteiger partial charge < -0.3 is 15.5 Å². The average molecular weight is 238 g/mol. The molecule has 1 atom stereocenters. The van der Waals surface area contributed by atoms with E-state index in [4.69, 9.17) is 10.2 Å². The number of anilines is 1. The van der Waals surface area contributed by atoms with E-state index >= 15 is 0 Å². The van der Waals surface area contributed by atoms with Gasteiger partial charge in [-0.1, -0.05) is 6.92 Å². The molecule has 0 bridgehead atoms. The van der Waals surface area contributed by atoms with E-state index < -0.39 is 5.97 Å². The van der Waals surface area contributed by atoms with E-state index in [0.29, 0.717) is 12.2 Å². The fourth-order valence-corrected chi connectivity index (χ4v) is 1.48. The third-order valence-electron chi connectivity index (χ3n) is 2.51. The number of aliphatic hydroxyl groups is 1. The van der Waals surface area contributed by atoms with E-state index in [1.165, 1.54) is 6.20 Å².